The van der Waals surface area contributed by atoms with Gasteiger partial charge in [0.05, 0.1) is 24.1 Å². The number of esters is 1. The van der Waals surface area contributed by atoms with E-state index in [-0.39, 0.29) is 44.1 Å². The second-order valence-electron chi connectivity index (χ2n) is 12.0. The van der Waals surface area contributed by atoms with E-state index in [9.17, 15) is 28.7 Å². The number of hydrogen-bond acceptors (Lipinski definition) is 11. The lowest BCUT2D eigenvalue weighted by atomic mass is 9.93. The standard InChI is InChI=1S/C33H42FN5O8S/c1-19-7-5-11-35-28(41)10-9-20(2)30(21(3)16-46-33(44)38-27-18-48-22(4)36-27)47-32(43)26-8-6-12-39(26)31(42)25-17-45-29(37-25)15-23(34)14-24(40)13-19/h5,7,9-10,13,17-18,20-21,23-24,26,30,40H,6,8,11-12,14-16H2,1-4H3,(H,35,41)(H,38,44)/b7-5+,10-9+,19-13+. The maximum absolute atomic E-state index is 14.8. The first-order chi connectivity index (χ1) is 22.9. The van der Waals surface area contributed by atoms with Crippen molar-refractivity contribution >= 4 is 41.0 Å². The summed E-state index contributed by atoms with van der Waals surface area (Å²) in [6, 6.07) is -0.920. The van der Waals surface area contributed by atoms with Gasteiger partial charge in [0, 0.05) is 36.7 Å². The number of carbonyl (C=O) groups excluding carboxylic acids is 4. The lowest BCUT2D eigenvalue weighted by Gasteiger charge is -2.30. The molecule has 4 rings (SSSR count). The van der Waals surface area contributed by atoms with Crippen molar-refractivity contribution in [2.45, 2.75) is 77.8 Å². The van der Waals surface area contributed by atoms with Crippen molar-refractivity contribution in [1.82, 2.24) is 20.2 Å². The molecule has 0 spiro atoms. The van der Waals surface area contributed by atoms with Gasteiger partial charge in [0.25, 0.3) is 5.91 Å². The number of carbonyl (C=O) groups is 4. The van der Waals surface area contributed by atoms with Crippen LogP contribution in [-0.2, 0) is 25.5 Å². The zero-order valence-electron chi connectivity index (χ0n) is 27.4. The largest absolute Gasteiger partial charge is 0.460 e. The average molecular weight is 688 g/mol. The summed E-state index contributed by atoms with van der Waals surface area (Å²) in [7, 11) is 0. The minimum absolute atomic E-state index is 0.00504. The molecule has 1 saturated heterocycles. The number of oxazole rings is 1. The molecular formula is C33H42FN5O8S. The van der Waals surface area contributed by atoms with Gasteiger partial charge in [0.2, 0.25) is 5.91 Å². The van der Waals surface area contributed by atoms with Crippen LogP contribution in [0.15, 0.2) is 52.0 Å². The molecule has 260 valence electrons. The highest BCUT2D eigenvalue weighted by Gasteiger charge is 2.39. The molecule has 2 bridgehead atoms. The molecule has 3 amide bonds. The highest BCUT2D eigenvalue weighted by molar-refractivity contribution is 7.09. The van der Waals surface area contributed by atoms with Gasteiger partial charge in [-0.1, -0.05) is 43.7 Å². The third kappa shape index (κ3) is 10.6. The van der Waals surface area contributed by atoms with Crippen molar-refractivity contribution in [3.05, 3.63) is 64.2 Å². The fourth-order valence-electron chi connectivity index (χ4n) is 5.50. The van der Waals surface area contributed by atoms with E-state index in [1.54, 1.807) is 44.4 Å². The SMILES string of the molecule is CC1=C\C(O)CC(F)Cc2nc(co2)C(=O)N2CCCC2C(=O)OC(C(C)COC(=O)Nc2csc(C)n2)C(C)/C=C/C(=O)NC\C=C\1. The maximum Gasteiger partial charge on any atom is 0.412 e. The number of ether oxygens (including phenoxy) is 2. The molecular weight excluding hydrogens is 645 g/mol. The topological polar surface area (TPSA) is 173 Å². The number of fused-ring (bicyclic) bond motifs is 3. The number of aromatic nitrogens is 2. The maximum atomic E-state index is 14.8. The molecule has 15 heteroatoms. The predicted molar refractivity (Wildman–Crippen MR) is 175 cm³/mol. The second kappa shape index (κ2) is 17.2. The molecule has 48 heavy (non-hydrogen) atoms. The summed E-state index contributed by atoms with van der Waals surface area (Å²) in [6.07, 6.45) is 5.25. The number of nitrogens with zero attached hydrogens (tertiary/aromatic N) is 3. The molecule has 0 aliphatic carbocycles. The third-order valence-corrected chi connectivity index (χ3v) is 8.66. The first-order valence-corrected chi connectivity index (χ1v) is 16.7. The van der Waals surface area contributed by atoms with E-state index >= 15 is 0 Å². The summed E-state index contributed by atoms with van der Waals surface area (Å²) in [5.74, 6) is -2.26. The summed E-state index contributed by atoms with van der Waals surface area (Å²) in [4.78, 5) is 61.7. The number of thiazole rings is 1. The Morgan fingerprint density at radius 3 is 2.81 bits per heavy atom. The number of nitrogens with one attached hydrogen (secondary N) is 2. The Hall–Kier alpha value is -4.37. The third-order valence-electron chi connectivity index (χ3n) is 7.89. The molecule has 0 saturated carbocycles. The summed E-state index contributed by atoms with van der Waals surface area (Å²) >= 11 is 1.37. The first-order valence-electron chi connectivity index (χ1n) is 15.8. The van der Waals surface area contributed by atoms with E-state index in [0.717, 1.165) is 11.3 Å². The van der Waals surface area contributed by atoms with Crippen LogP contribution in [0.1, 0.15) is 61.4 Å². The molecule has 6 unspecified atom stereocenters. The zero-order valence-corrected chi connectivity index (χ0v) is 28.2. The van der Waals surface area contributed by atoms with Crippen LogP contribution in [0.25, 0.3) is 0 Å². The van der Waals surface area contributed by atoms with E-state index in [2.05, 4.69) is 20.6 Å². The lowest BCUT2D eigenvalue weighted by Crippen LogP contribution is -2.44. The van der Waals surface area contributed by atoms with Crippen LogP contribution in [0, 0.1) is 18.8 Å². The fraction of sp³-hybridized carbons (Fsp3) is 0.515. The summed E-state index contributed by atoms with van der Waals surface area (Å²) < 4.78 is 31.6. The van der Waals surface area contributed by atoms with Gasteiger partial charge in [-0.2, -0.15) is 0 Å². The molecule has 2 aliphatic rings. The molecule has 0 aromatic carbocycles. The molecule has 6 atom stereocenters. The molecule has 2 aromatic rings. The van der Waals surface area contributed by atoms with Crippen LogP contribution in [0.2, 0.25) is 0 Å². The van der Waals surface area contributed by atoms with Crippen molar-refractivity contribution in [1.29, 1.82) is 0 Å². The van der Waals surface area contributed by atoms with Gasteiger partial charge in [0.1, 0.15) is 30.4 Å². The van der Waals surface area contributed by atoms with Crippen molar-refractivity contribution < 1.29 is 42.6 Å². The van der Waals surface area contributed by atoms with Gasteiger partial charge in [-0.15, -0.1) is 11.3 Å². The number of aliphatic hydroxyl groups excluding tert-OH is 1. The molecule has 4 heterocycles. The Bertz CT molecular complexity index is 1540. The molecule has 0 radical (unpaired) electrons. The summed E-state index contributed by atoms with van der Waals surface area (Å²) in [6.45, 7) is 7.41. The Kier molecular flexibility index (Phi) is 13.0. The minimum atomic E-state index is -1.50. The Morgan fingerprint density at radius 2 is 2.06 bits per heavy atom. The Balaban J connectivity index is 1.54. The summed E-state index contributed by atoms with van der Waals surface area (Å²) in [5.41, 5.74) is 0.602. The van der Waals surface area contributed by atoms with E-state index in [1.165, 1.54) is 28.4 Å². The molecule has 1 fully saturated rings. The van der Waals surface area contributed by atoms with Crippen molar-refractivity contribution in [3.8, 4) is 0 Å². The second-order valence-corrected chi connectivity index (χ2v) is 13.1. The Morgan fingerprint density at radius 1 is 1.27 bits per heavy atom. The van der Waals surface area contributed by atoms with E-state index < -0.39 is 60.1 Å². The van der Waals surface area contributed by atoms with Crippen LogP contribution < -0.4 is 10.6 Å². The number of rotatable bonds is 4. The van der Waals surface area contributed by atoms with Crippen LogP contribution in [0.4, 0.5) is 15.0 Å². The number of aryl methyl sites for hydroxylation is 1. The number of amides is 3. The van der Waals surface area contributed by atoms with Crippen LogP contribution in [0.3, 0.4) is 0 Å². The normalized spacial score (nSPS) is 27.9. The molecule has 13 nitrogen and oxygen atoms in total. The number of anilines is 1. The van der Waals surface area contributed by atoms with Gasteiger partial charge in [-0.25, -0.2) is 23.9 Å². The van der Waals surface area contributed by atoms with Crippen LogP contribution >= 0.6 is 11.3 Å². The van der Waals surface area contributed by atoms with Gasteiger partial charge in [0.15, 0.2) is 11.6 Å². The van der Waals surface area contributed by atoms with Gasteiger partial charge in [-0.3, -0.25) is 14.9 Å². The van der Waals surface area contributed by atoms with E-state index in [1.807, 2.05) is 6.92 Å². The predicted octanol–water partition coefficient (Wildman–Crippen LogP) is 4.30. The van der Waals surface area contributed by atoms with Crippen molar-refractivity contribution in [2.75, 3.05) is 25.0 Å². The lowest BCUT2D eigenvalue weighted by molar-refractivity contribution is -0.159. The van der Waals surface area contributed by atoms with E-state index in [0.29, 0.717) is 24.2 Å². The van der Waals surface area contributed by atoms with Gasteiger partial charge < -0.3 is 29.2 Å². The number of aliphatic hydroxyl groups is 1. The van der Waals surface area contributed by atoms with Crippen molar-refractivity contribution in [3.63, 3.8) is 0 Å². The Labute approximate surface area is 282 Å². The number of allylic oxidation sites excluding steroid dienone is 2. The highest BCUT2D eigenvalue weighted by atomic mass is 32.1. The molecule has 2 aliphatic heterocycles. The van der Waals surface area contributed by atoms with Gasteiger partial charge >= 0.3 is 12.1 Å². The summed E-state index contributed by atoms with van der Waals surface area (Å²) in [5, 5.41) is 18.1. The molecule has 2 aromatic heterocycles. The molecule has 3 N–H and O–H groups in total. The fourth-order valence-corrected chi connectivity index (χ4v) is 6.04. The van der Waals surface area contributed by atoms with E-state index in [4.69, 9.17) is 13.9 Å². The number of cyclic esters (lactones) is 1. The smallest absolute Gasteiger partial charge is 0.412 e. The zero-order chi connectivity index (χ0) is 34.8. The quantitative estimate of drug-likeness (QED) is 0.394. The monoisotopic (exact) mass is 687 g/mol. The van der Waals surface area contributed by atoms with Crippen LogP contribution in [-0.4, -0.2) is 88.0 Å². The number of hydrogen-bond donors (Lipinski definition) is 3. The first kappa shape index (κ1) is 36.5. The van der Waals surface area contributed by atoms with Crippen LogP contribution in [0.5, 0.6) is 0 Å². The highest BCUT2D eigenvalue weighted by Crippen LogP contribution is 2.26. The van der Waals surface area contributed by atoms with Gasteiger partial charge in [-0.05, 0) is 32.8 Å². The number of halogens is 1. The number of alkyl halides is 1. The average Bonchev–Trinajstić information content (AvgIpc) is 3.80. The minimum Gasteiger partial charge on any atom is -0.460 e. The van der Waals surface area contributed by atoms with Crippen molar-refractivity contribution in [2.24, 2.45) is 11.8 Å².